The van der Waals surface area contributed by atoms with E-state index >= 15 is 0 Å². The standard InChI is InChI=1S/C14H11BrCl2O/c15-8-11-3-6-14(13(17)7-11)18-9-10-1-4-12(16)5-2-10/h1-7H,8-9H2. The lowest BCUT2D eigenvalue weighted by Crippen LogP contribution is -1.96. The first-order valence-corrected chi connectivity index (χ1v) is 7.28. The van der Waals surface area contributed by atoms with E-state index in [1.807, 2.05) is 42.5 Å². The number of rotatable bonds is 4. The number of hydrogen-bond acceptors (Lipinski definition) is 1. The molecular weight excluding hydrogens is 335 g/mol. The van der Waals surface area contributed by atoms with Gasteiger partial charge in [-0.3, -0.25) is 0 Å². The van der Waals surface area contributed by atoms with Gasteiger partial charge in [0.05, 0.1) is 5.02 Å². The molecule has 2 aromatic rings. The lowest BCUT2D eigenvalue weighted by atomic mass is 10.2. The van der Waals surface area contributed by atoms with Crippen molar-refractivity contribution in [2.45, 2.75) is 11.9 Å². The largest absolute Gasteiger partial charge is 0.487 e. The summed E-state index contributed by atoms with van der Waals surface area (Å²) < 4.78 is 5.67. The summed E-state index contributed by atoms with van der Waals surface area (Å²) in [7, 11) is 0. The highest BCUT2D eigenvalue weighted by Crippen LogP contribution is 2.27. The van der Waals surface area contributed by atoms with Crippen LogP contribution in [0.15, 0.2) is 42.5 Å². The van der Waals surface area contributed by atoms with Crippen LogP contribution in [0.25, 0.3) is 0 Å². The summed E-state index contributed by atoms with van der Waals surface area (Å²) in [4.78, 5) is 0. The van der Waals surface area contributed by atoms with E-state index in [-0.39, 0.29) is 0 Å². The number of alkyl halides is 1. The smallest absolute Gasteiger partial charge is 0.138 e. The van der Waals surface area contributed by atoms with Gasteiger partial charge in [-0.1, -0.05) is 57.3 Å². The third-order valence-corrected chi connectivity index (χ3v) is 3.65. The van der Waals surface area contributed by atoms with Crippen LogP contribution in [0, 0.1) is 0 Å². The molecule has 2 rings (SSSR count). The summed E-state index contributed by atoms with van der Waals surface area (Å²) in [5, 5.41) is 2.13. The van der Waals surface area contributed by atoms with Gasteiger partial charge in [-0.05, 0) is 35.4 Å². The fourth-order valence-corrected chi connectivity index (χ4v) is 2.22. The van der Waals surface area contributed by atoms with Gasteiger partial charge in [0.2, 0.25) is 0 Å². The van der Waals surface area contributed by atoms with Crippen molar-refractivity contribution in [1.29, 1.82) is 0 Å². The maximum absolute atomic E-state index is 6.13. The average Bonchev–Trinajstić information content (AvgIpc) is 2.39. The van der Waals surface area contributed by atoms with Crippen LogP contribution in [0.2, 0.25) is 10.0 Å². The molecule has 18 heavy (non-hydrogen) atoms. The number of hydrogen-bond donors (Lipinski definition) is 0. The monoisotopic (exact) mass is 344 g/mol. The molecule has 0 aromatic heterocycles. The van der Waals surface area contributed by atoms with Crippen molar-refractivity contribution in [2.24, 2.45) is 0 Å². The van der Waals surface area contributed by atoms with E-state index in [0.717, 1.165) is 21.5 Å². The van der Waals surface area contributed by atoms with Gasteiger partial charge < -0.3 is 4.74 Å². The van der Waals surface area contributed by atoms with E-state index in [2.05, 4.69) is 15.9 Å². The molecule has 2 aromatic carbocycles. The van der Waals surface area contributed by atoms with Crippen LogP contribution in [0.1, 0.15) is 11.1 Å². The molecule has 0 spiro atoms. The molecule has 0 N–H and O–H groups in total. The Hall–Kier alpha value is -0.700. The Balaban J connectivity index is 2.04. The molecule has 0 aliphatic heterocycles. The van der Waals surface area contributed by atoms with Gasteiger partial charge in [-0.25, -0.2) is 0 Å². The fourth-order valence-electron chi connectivity index (χ4n) is 1.49. The van der Waals surface area contributed by atoms with Gasteiger partial charge in [0.1, 0.15) is 12.4 Å². The van der Waals surface area contributed by atoms with E-state index in [1.54, 1.807) is 0 Å². The summed E-state index contributed by atoms with van der Waals surface area (Å²) >= 11 is 15.3. The van der Waals surface area contributed by atoms with Crippen molar-refractivity contribution in [1.82, 2.24) is 0 Å². The van der Waals surface area contributed by atoms with E-state index in [0.29, 0.717) is 17.4 Å². The van der Waals surface area contributed by atoms with Gasteiger partial charge in [-0.15, -0.1) is 0 Å². The van der Waals surface area contributed by atoms with E-state index in [1.165, 1.54) is 0 Å². The van der Waals surface area contributed by atoms with Crippen LogP contribution >= 0.6 is 39.1 Å². The van der Waals surface area contributed by atoms with Gasteiger partial charge in [0.25, 0.3) is 0 Å². The van der Waals surface area contributed by atoms with Crippen LogP contribution in [-0.4, -0.2) is 0 Å². The molecule has 0 heterocycles. The summed E-state index contributed by atoms with van der Waals surface area (Å²) in [6.07, 6.45) is 0. The second-order valence-corrected chi connectivity index (χ2v) is 5.22. The summed E-state index contributed by atoms with van der Waals surface area (Å²) in [5.41, 5.74) is 2.18. The molecule has 0 aliphatic carbocycles. The van der Waals surface area contributed by atoms with E-state index in [4.69, 9.17) is 27.9 Å². The molecule has 0 amide bonds. The van der Waals surface area contributed by atoms with Crippen LogP contribution in [0.3, 0.4) is 0 Å². The van der Waals surface area contributed by atoms with Gasteiger partial charge in [0.15, 0.2) is 0 Å². The summed E-state index contributed by atoms with van der Waals surface area (Å²) in [6.45, 7) is 0.477. The first kappa shape index (κ1) is 13.7. The topological polar surface area (TPSA) is 9.23 Å². The highest BCUT2D eigenvalue weighted by molar-refractivity contribution is 9.08. The minimum atomic E-state index is 0.477. The third kappa shape index (κ3) is 3.64. The van der Waals surface area contributed by atoms with Crippen molar-refractivity contribution >= 4 is 39.1 Å². The zero-order valence-electron chi connectivity index (χ0n) is 9.50. The van der Waals surface area contributed by atoms with Crippen LogP contribution < -0.4 is 4.74 Å². The Labute approximate surface area is 125 Å². The molecule has 0 atom stereocenters. The molecule has 0 radical (unpaired) electrons. The average molecular weight is 346 g/mol. The molecule has 0 saturated carbocycles. The Kier molecular flexibility index (Phi) is 4.93. The number of halogens is 3. The Morgan fingerprint density at radius 2 is 1.61 bits per heavy atom. The first-order valence-electron chi connectivity index (χ1n) is 5.40. The van der Waals surface area contributed by atoms with Crippen molar-refractivity contribution in [3.63, 3.8) is 0 Å². The molecule has 94 valence electrons. The van der Waals surface area contributed by atoms with Gasteiger partial charge in [-0.2, -0.15) is 0 Å². The van der Waals surface area contributed by atoms with E-state index in [9.17, 15) is 0 Å². The second-order valence-electron chi connectivity index (χ2n) is 3.81. The molecule has 4 heteroatoms. The summed E-state index contributed by atoms with van der Waals surface area (Å²) in [5.74, 6) is 0.691. The molecule has 0 bridgehead atoms. The minimum absolute atomic E-state index is 0.477. The Bertz CT molecular complexity index is 526. The molecule has 0 saturated heterocycles. The minimum Gasteiger partial charge on any atom is -0.487 e. The molecule has 0 aliphatic rings. The third-order valence-electron chi connectivity index (χ3n) is 2.46. The van der Waals surface area contributed by atoms with Gasteiger partial charge >= 0.3 is 0 Å². The van der Waals surface area contributed by atoms with Crippen molar-refractivity contribution in [2.75, 3.05) is 0 Å². The van der Waals surface area contributed by atoms with E-state index < -0.39 is 0 Å². The first-order chi connectivity index (χ1) is 8.69. The maximum Gasteiger partial charge on any atom is 0.138 e. The number of benzene rings is 2. The maximum atomic E-state index is 6.13. The van der Waals surface area contributed by atoms with Gasteiger partial charge in [0, 0.05) is 10.4 Å². The zero-order valence-corrected chi connectivity index (χ0v) is 12.6. The molecule has 0 fully saturated rings. The lowest BCUT2D eigenvalue weighted by Gasteiger charge is -2.09. The Morgan fingerprint density at radius 1 is 0.944 bits per heavy atom. The Morgan fingerprint density at radius 3 is 2.22 bits per heavy atom. The molecular formula is C14H11BrCl2O. The fraction of sp³-hybridized carbons (Fsp3) is 0.143. The normalized spacial score (nSPS) is 10.4. The van der Waals surface area contributed by atoms with Crippen LogP contribution in [0.4, 0.5) is 0 Å². The lowest BCUT2D eigenvalue weighted by molar-refractivity contribution is 0.306. The molecule has 0 unspecified atom stereocenters. The SMILES string of the molecule is Clc1ccc(COc2ccc(CBr)cc2Cl)cc1. The molecule has 1 nitrogen and oxygen atoms in total. The highest BCUT2D eigenvalue weighted by atomic mass is 79.9. The summed E-state index contributed by atoms with van der Waals surface area (Å²) in [6, 6.07) is 13.3. The van der Waals surface area contributed by atoms with Crippen LogP contribution in [-0.2, 0) is 11.9 Å². The quantitative estimate of drug-likeness (QED) is 0.668. The van der Waals surface area contributed by atoms with Crippen LogP contribution in [0.5, 0.6) is 5.75 Å². The van der Waals surface area contributed by atoms with Crippen molar-refractivity contribution in [3.05, 3.63) is 63.6 Å². The second kappa shape index (κ2) is 6.46. The number of ether oxygens (including phenoxy) is 1. The predicted molar refractivity (Wildman–Crippen MR) is 79.9 cm³/mol. The highest BCUT2D eigenvalue weighted by Gasteiger charge is 2.03. The van der Waals surface area contributed by atoms with Crippen molar-refractivity contribution in [3.8, 4) is 5.75 Å². The van der Waals surface area contributed by atoms with Crippen molar-refractivity contribution < 1.29 is 4.74 Å². The zero-order chi connectivity index (χ0) is 13.0. The predicted octanol–water partition coefficient (Wildman–Crippen LogP) is 5.47.